The van der Waals surface area contributed by atoms with Crippen molar-refractivity contribution in [2.75, 3.05) is 12.4 Å². The number of halogens is 2. The third-order valence-electron chi connectivity index (χ3n) is 2.10. The van der Waals surface area contributed by atoms with Crippen LogP contribution in [0.5, 0.6) is 5.88 Å². The molecule has 2 rings (SSSR count). The third-order valence-corrected chi connectivity index (χ3v) is 3.59. The summed E-state index contributed by atoms with van der Waals surface area (Å²) in [6.07, 6.45) is 1.50. The number of rotatable bonds is 3. The summed E-state index contributed by atoms with van der Waals surface area (Å²) in [6, 6.07) is 4.87. The van der Waals surface area contributed by atoms with Crippen LogP contribution in [0.4, 0.5) is 5.69 Å². The Kier molecular flexibility index (Phi) is 4.06. The van der Waals surface area contributed by atoms with E-state index in [9.17, 15) is 4.79 Å². The summed E-state index contributed by atoms with van der Waals surface area (Å²) in [6.45, 7) is 0. The smallest absolute Gasteiger partial charge is 0.258 e. The lowest BCUT2D eigenvalue weighted by Crippen LogP contribution is -2.11. The highest BCUT2D eigenvalue weighted by Gasteiger charge is 2.14. The van der Waals surface area contributed by atoms with E-state index >= 15 is 0 Å². The molecule has 0 bridgehead atoms. The van der Waals surface area contributed by atoms with Crippen molar-refractivity contribution >= 4 is 46.1 Å². The van der Waals surface area contributed by atoms with Gasteiger partial charge in [-0.15, -0.1) is 11.3 Å². The highest BCUT2D eigenvalue weighted by atomic mass is 35.5. The molecule has 2 heterocycles. The summed E-state index contributed by atoms with van der Waals surface area (Å²) in [5.41, 5.74) is 0.904. The zero-order valence-corrected chi connectivity index (χ0v) is 11.6. The number of aromatic nitrogens is 1. The minimum Gasteiger partial charge on any atom is -0.481 e. The van der Waals surface area contributed by atoms with Gasteiger partial charge in [-0.25, -0.2) is 4.98 Å². The van der Waals surface area contributed by atoms with Crippen molar-refractivity contribution in [3.05, 3.63) is 38.6 Å². The first-order valence-corrected chi connectivity index (χ1v) is 6.43. The zero-order chi connectivity index (χ0) is 13.1. The van der Waals surface area contributed by atoms with Gasteiger partial charge in [0.1, 0.15) is 4.34 Å². The first-order chi connectivity index (χ1) is 8.60. The average molecular weight is 303 g/mol. The van der Waals surface area contributed by atoms with Crippen LogP contribution in [0.2, 0.25) is 8.67 Å². The quantitative estimate of drug-likeness (QED) is 0.940. The van der Waals surface area contributed by atoms with E-state index in [2.05, 4.69) is 10.3 Å². The second kappa shape index (κ2) is 5.56. The molecule has 0 unspecified atom stereocenters. The fourth-order valence-corrected chi connectivity index (χ4v) is 2.73. The SMILES string of the molecule is COc1ccc(NC(=O)c2cc(Cl)sc2Cl)cn1. The monoisotopic (exact) mass is 302 g/mol. The summed E-state index contributed by atoms with van der Waals surface area (Å²) in [5.74, 6) is 0.153. The van der Waals surface area contributed by atoms with Gasteiger partial charge >= 0.3 is 0 Å². The Morgan fingerprint density at radius 2 is 2.22 bits per heavy atom. The summed E-state index contributed by atoms with van der Waals surface area (Å²) in [5, 5.41) is 2.67. The zero-order valence-electron chi connectivity index (χ0n) is 9.24. The third kappa shape index (κ3) is 2.93. The Bertz CT molecular complexity index is 569. The highest BCUT2D eigenvalue weighted by Crippen LogP contribution is 2.31. The number of carbonyl (C=O) groups excluding carboxylic acids is 1. The van der Waals surface area contributed by atoms with Crippen molar-refractivity contribution in [3.63, 3.8) is 0 Å². The van der Waals surface area contributed by atoms with Gasteiger partial charge in [0.15, 0.2) is 0 Å². The van der Waals surface area contributed by atoms with E-state index < -0.39 is 0 Å². The number of nitrogens with zero attached hydrogens (tertiary/aromatic N) is 1. The van der Waals surface area contributed by atoms with E-state index in [0.29, 0.717) is 25.8 Å². The van der Waals surface area contributed by atoms with E-state index in [1.807, 2.05) is 0 Å². The molecule has 0 aliphatic carbocycles. The van der Waals surface area contributed by atoms with Crippen molar-refractivity contribution in [1.29, 1.82) is 0 Å². The van der Waals surface area contributed by atoms with E-state index in [0.717, 1.165) is 11.3 Å². The molecule has 0 aliphatic rings. The largest absolute Gasteiger partial charge is 0.481 e. The van der Waals surface area contributed by atoms with Crippen LogP contribution in [0.3, 0.4) is 0 Å². The molecule has 0 radical (unpaired) electrons. The minimum absolute atomic E-state index is 0.324. The molecule has 1 N–H and O–H groups in total. The number of amides is 1. The molecule has 0 aliphatic heterocycles. The number of hydrogen-bond acceptors (Lipinski definition) is 4. The molecule has 4 nitrogen and oxygen atoms in total. The number of methoxy groups -OCH3 is 1. The summed E-state index contributed by atoms with van der Waals surface area (Å²) in [7, 11) is 1.52. The molecule has 7 heteroatoms. The van der Waals surface area contributed by atoms with E-state index in [-0.39, 0.29) is 5.91 Å². The Morgan fingerprint density at radius 1 is 1.44 bits per heavy atom. The number of nitrogens with one attached hydrogen (secondary N) is 1. The first-order valence-electron chi connectivity index (χ1n) is 4.86. The molecule has 0 aromatic carbocycles. The second-order valence-corrected chi connectivity index (χ2v) is 5.57. The lowest BCUT2D eigenvalue weighted by Gasteiger charge is -2.04. The van der Waals surface area contributed by atoms with Gasteiger partial charge in [0, 0.05) is 6.07 Å². The second-order valence-electron chi connectivity index (χ2n) is 3.28. The molecular weight excluding hydrogens is 295 g/mol. The fraction of sp³-hybridized carbons (Fsp3) is 0.0909. The first kappa shape index (κ1) is 13.1. The van der Waals surface area contributed by atoms with Crippen LogP contribution >= 0.6 is 34.5 Å². The minimum atomic E-state index is -0.324. The van der Waals surface area contributed by atoms with Gasteiger partial charge in [-0.3, -0.25) is 4.79 Å². The van der Waals surface area contributed by atoms with Gasteiger partial charge in [-0.1, -0.05) is 23.2 Å². The van der Waals surface area contributed by atoms with Crippen LogP contribution in [-0.4, -0.2) is 18.0 Å². The maximum atomic E-state index is 11.9. The van der Waals surface area contributed by atoms with Crippen molar-refractivity contribution < 1.29 is 9.53 Å². The van der Waals surface area contributed by atoms with Crippen LogP contribution in [0.1, 0.15) is 10.4 Å². The predicted octanol–water partition coefficient (Wildman–Crippen LogP) is 3.71. The predicted molar refractivity (Wildman–Crippen MR) is 73.1 cm³/mol. The Labute approximate surface area is 118 Å². The molecule has 0 fully saturated rings. The van der Waals surface area contributed by atoms with Gasteiger partial charge < -0.3 is 10.1 Å². The van der Waals surface area contributed by atoms with Gasteiger partial charge in [0.2, 0.25) is 5.88 Å². The van der Waals surface area contributed by atoms with E-state index in [4.69, 9.17) is 27.9 Å². The average Bonchev–Trinajstić information content (AvgIpc) is 2.69. The fourth-order valence-electron chi connectivity index (χ4n) is 1.27. The van der Waals surface area contributed by atoms with Crippen LogP contribution in [0, 0.1) is 0 Å². The standard InChI is InChI=1S/C11H8Cl2N2O2S/c1-17-9-3-2-6(5-14-9)15-11(16)7-4-8(12)18-10(7)13/h2-5H,1H3,(H,15,16). The van der Waals surface area contributed by atoms with Gasteiger partial charge in [-0.05, 0) is 12.1 Å². The number of hydrogen-bond donors (Lipinski definition) is 1. The molecular formula is C11H8Cl2N2O2S. The maximum absolute atomic E-state index is 11.9. The van der Waals surface area contributed by atoms with Gasteiger partial charge in [0.25, 0.3) is 5.91 Å². The lowest BCUT2D eigenvalue weighted by molar-refractivity contribution is 0.102. The summed E-state index contributed by atoms with van der Waals surface area (Å²) in [4.78, 5) is 15.9. The van der Waals surface area contributed by atoms with Crippen molar-refractivity contribution in [2.45, 2.75) is 0 Å². The van der Waals surface area contributed by atoms with E-state index in [1.54, 1.807) is 12.1 Å². The highest BCUT2D eigenvalue weighted by molar-refractivity contribution is 7.20. The lowest BCUT2D eigenvalue weighted by atomic mass is 10.3. The molecule has 94 valence electrons. The molecule has 2 aromatic rings. The molecule has 0 saturated heterocycles. The molecule has 1 amide bonds. The van der Waals surface area contributed by atoms with Crippen molar-refractivity contribution in [2.24, 2.45) is 0 Å². The molecule has 0 saturated carbocycles. The number of pyridine rings is 1. The topological polar surface area (TPSA) is 51.2 Å². The summed E-state index contributed by atoms with van der Waals surface area (Å²) >= 11 is 12.8. The number of carbonyl (C=O) groups is 1. The number of thiophene rings is 1. The van der Waals surface area contributed by atoms with Crippen LogP contribution in [-0.2, 0) is 0 Å². The number of anilines is 1. The van der Waals surface area contributed by atoms with Crippen molar-refractivity contribution in [1.82, 2.24) is 4.98 Å². The van der Waals surface area contributed by atoms with Crippen LogP contribution in [0.15, 0.2) is 24.4 Å². The Balaban J connectivity index is 2.13. The summed E-state index contributed by atoms with van der Waals surface area (Å²) < 4.78 is 5.75. The van der Waals surface area contributed by atoms with Gasteiger partial charge in [-0.2, -0.15) is 0 Å². The number of ether oxygens (including phenoxy) is 1. The molecule has 2 aromatic heterocycles. The molecule has 0 atom stereocenters. The van der Waals surface area contributed by atoms with Crippen LogP contribution < -0.4 is 10.1 Å². The van der Waals surface area contributed by atoms with E-state index in [1.165, 1.54) is 19.4 Å². The Morgan fingerprint density at radius 3 is 2.72 bits per heavy atom. The normalized spacial score (nSPS) is 10.2. The Hall–Kier alpha value is -1.30. The maximum Gasteiger partial charge on any atom is 0.258 e. The molecule has 0 spiro atoms. The molecule has 18 heavy (non-hydrogen) atoms. The van der Waals surface area contributed by atoms with Gasteiger partial charge in [0.05, 0.1) is 28.9 Å². The van der Waals surface area contributed by atoms with Crippen molar-refractivity contribution in [3.8, 4) is 5.88 Å². The van der Waals surface area contributed by atoms with Crippen LogP contribution in [0.25, 0.3) is 0 Å².